The molecule has 5 nitrogen and oxygen atoms in total. The van der Waals surface area contributed by atoms with Crippen LogP contribution in [0.2, 0.25) is 0 Å². The van der Waals surface area contributed by atoms with Gasteiger partial charge in [0.2, 0.25) is 0 Å². The van der Waals surface area contributed by atoms with Gasteiger partial charge in [0.05, 0.1) is 6.61 Å². The lowest BCUT2D eigenvalue weighted by Gasteiger charge is -2.15. The summed E-state index contributed by atoms with van der Waals surface area (Å²) in [6.45, 7) is 4.14. The molecule has 0 spiro atoms. The molecule has 0 saturated carbocycles. The lowest BCUT2D eigenvalue weighted by molar-refractivity contribution is -0.161. The Morgan fingerprint density at radius 3 is 1.10 bits per heavy atom. The number of carbonyl (C=O) groups excluding carboxylic acids is 2. The molecule has 0 aliphatic carbocycles. The molecule has 0 aromatic rings. The summed E-state index contributed by atoms with van der Waals surface area (Å²) in [4.78, 5) is 24.1. The van der Waals surface area contributed by atoms with Gasteiger partial charge in [-0.15, -0.1) is 0 Å². The van der Waals surface area contributed by atoms with Gasteiger partial charge in [-0.25, -0.2) is 0 Å². The highest BCUT2D eigenvalue weighted by Gasteiger charge is 2.16. The van der Waals surface area contributed by atoms with E-state index in [0.717, 1.165) is 32.1 Å². The molecule has 0 radical (unpaired) electrons. The molecule has 238 valence electrons. The topological polar surface area (TPSA) is 72.8 Å². The normalized spacial score (nSPS) is 12.0. The fourth-order valence-electron chi connectivity index (χ4n) is 5.20. The van der Waals surface area contributed by atoms with Crippen LogP contribution >= 0.6 is 0 Å². The van der Waals surface area contributed by atoms with E-state index in [1.165, 1.54) is 135 Å². The largest absolute Gasteiger partial charge is 0.462 e. The number of aliphatic hydroxyl groups is 1. The van der Waals surface area contributed by atoms with Crippen LogP contribution in [0.3, 0.4) is 0 Å². The first-order valence-corrected chi connectivity index (χ1v) is 17.6. The molecule has 1 atom stereocenters. The van der Waals surface area contributed by atoms with Crippen LogP contribution in [-0.2, 0) is 19.1 Å². The molecule has 40 heavy (non-hydrogen) atoms. The molecule has 5 heteroatoms. The molecular formula is C35H68O5. The minimum Gasteiger partial charge on any atom is -0.462 e. The number of ether oxygens (including phenoxy) is 2. The third kappa shape index (κ3) is 29.9. The van der Waals surface area contributed by atoms with Gasteiger partial charge in [0.1, 0.15) is 6.61 Å². The van der Waals surface area contributed by atoms with Gasteiger partial charge >= 0.3 is 11.9 Å². The second kappa shape index (κ2) is 32.4. The van der Waals surface area contributed by atoms with Gasteiger partial charge in [0.15, 0.2) is 6.10 Å². The van der Waals surface area contributed by atoms with Crippen molar-refractivity contribution in [2.45, 2.75) is 200 Å². The maximum Gasteiger partial charge on any atom is 0.306 e. The SMILES string of the molecule is CCCCCCCCCCCCCCCCC(=O)OCC(CO)OC(=O)CCCCCCCCCCCCCC. The Labute approximate surface area is 248 Å². The van der Waals surface area contributed by atoms with E-state index >= 15 is 0 Å². The van der Waals surface area contributed by atoms with E-state index in [1.807, 2.05) is 0 Å². The van der Waals surface area contributed by atoms with Gasteiger partial charge in [0, 0.05) is 12.8 Å². The van der Waals surface area contributed by atoms with E-state index in [0.29, 0.717) is 12.8 Å². The molecule has 0 aromatic heterocycles. The highest BCUT2D eigenvalue weighted by atomic mass is 16.6. The molecule has 1 unspecified atom stereocenters. The molecule has 0 rings (SSSR count). The molecule has 0 aromatic carbocycles. The predicted octanol–water partition coefficient (Wildman–Crippen LogP) is 10.4. The Morgan fingerprint density at radius 2 is 0.775 bits per heavy atom. The van der Waals surface area contributed by atoms with Gasteiger partial charge in [-0.3, -0.25) is 9.59 Å². The average molecular weight is 569 g/mol. The predicted molar refractivity (Wildman–Crippen MR) is 169 cm³/mol. The Morgan fingerprint density at radius 1 is 0.475 bits per heavy atom. The van der Waals surface area contributed by atoms with Crippen LogP contribution in [-0.4, -0.2) is 36.4 Å². The quantitative estimate of drug-likeness (QED) is 0.0645. The zero-order valence-electron chi connectivity index (χ0n) is 26.9. The molecular weight excluding hydrogens is 500 g/mol. The summed E-state index contributed by atoms with van der Waals surface area (Å²) < 4.78 is 10.6. The zero-order valence-corrected chi connectivity index (χ0v) is 26.9. The Bertz CT molecular complexity index is 536. The Hall–Kier alpha value is -1.10. The van der Waals surface area contributed by atoms with Gasteiger partial charge in [-0.05, 0) is 12.8 Å². The van der Waals surface area contributed by atoms with E-state index in [2.05, 4.69) is 13.8 Å². The van der Waals surface area contributed by atoms with Crippen LogP contribution in [0.15, 0.2) is 0 Å². The number of unbranched alkanes of at least 4 members (excludes halogenated alkanes) is 24. The number of esters is 2. The highest BCUT2D eigenvalue weighted by Crippen LogP contribution is 2.15. The van der Waals surface area contributed by atoms with Crippen LogP contribution in [0.25, 0.3) is 0 Å². The summed E-state index contributed by atoms with van der Waals surface area (Å²) in [5.41, 5.74) is 0. The molecule has 0 heterocycles. The van der Waals surface area contributed by atoms with Gasteiger partial charge in [-0.2, -0.15) is 0 Å². The molecule has 0 fully saturated rings. The summed E-state index contributed by atoms with van der Waals surface area (Å²) in [6, 6.07) is 0. The van der Waals surface area contributed by atoms with Crippen molar-refractivity contribution in [3.63, 3.8) is 0 Å². The van der Waals surface area contributed by atoms with Crippen molar-refractivity contribution in [2.24, 2.45) is 0 Å². The molecule has 1 N–H and O–H groups in total. The summed E-state index contributed by atoms with van der Waals surface area (Å²) in [6.07, 6.45) is 32.9. The number of hydrogen-bond donors (Lipinski definition) is 1. The summed E-state index contributed by atoms with van der Waals surface area (Å²) in [5.74, 6) is -0.580. The highest BCUT2D eigenvalue weighted by molar-refractivity contribution is 5.70. The minimum absolute atomic E-state index is 0.0574. The van der Waals surface area contributed by atoms with E-state index in [9.17, 15) is 14.7 Å². The van der Waals surface area contributed by atoms with E-state index < -0.39 is 6.10 Å². The number of hydrogen-bond acceptors (Lipinski definition) is 5. The number of aliphatic hydroxyl groups excluding tert-OH is 1. The minimum atomic E-state index is -0.759. The Balaban J connectivity index is 3.52. The third-order valence-electron chi connectivity index (χ3n) is 7.90. The maximum atomic E-state index is 12.1. The molecule has 0 aliphatic heterocycles. The van der Waals surface area contributed by atoms with Crippen molar-refractivity contribution in [2.75, 3.05) is 13.2 Å². The van der Waals surface area contributed by atoms with E-state index in [4.69, 9.17) is 9.47 Å². The number of carbonyl (C=O) groups is 2. The first-order valence-electron chi connectivity index (χ1n) is 17.6. The van der Waals surface area contributed by atoms with Crippen LogP contribution in [0.5, 0.6) is 0 Å². The lowest BCUT2D eigenvalue weighted by atomic mass is 10.0. The summed E-state index contributed by atoms with van der Waals surface area (Å²) >= 11 is 0. The van der Waals surface area contributed by atoms with Crippen LogP contribution < -0.4 is 0 Å². The van der Waals surface area contributed by atoms with Crippen molar-refractivity contribution in [3.8, 4) is 0 Å². The van der Waals surface area contributed by atoms with Crippen molar-refractivity contribution in [3.05, 3.63) is 0 Å². The first kappa shape index (κ1) is 38.9. The summed E-state index contributed by atoms with van der Waals surface area (Å²) in [5, 5.41) is 9.50. The van der Waals surface area contributed by atoms with Crippen LogP contribution in [0.4, 0.5) is 0 Å². The smallest absolute Gasteiger partial charge is 0.306 e. The van der Waals surface area contributed by atoms with Crippen molar-refractivity contribution in [1.82, 2.24) is 0 Å². The maximum absolute atomic E-state index is 12.1. The standard InChI is InChI=1S/C35H68O5/c1-3-5-7-9-11-13-15-17-18-20-21-23-25-27-29-34(37)39-32-33(31-36)40-35(38)30-28-26-24-22-19-16-14-12-10-8-6-4-2/h33,36H,3-32H2,1-2H3. The van der Waals surface area contributed by atoms with Crippen LogP contribution in [0.1, 0.15) is 194 Å². The van der Waals surface area contributed by atoms with Gasteiger partial charge in [-0.1, -0.05) is 168 Å². The molecule has 0 bridgehead atoms. The van der Waals surface area contributed by atoms with Crippen molar-refractivity contribution < 1.29 is 24.2 Å². The van der Waals surface area contributed by atoms with Crippen molar-refractivity contribution in [1.29, 1.82) is 0 Å². The Kier molecular flexibility index (Phi) is 31.5. The van der Waals surface area contributed by atoms with Gasteiger partial charge < -0.3 is 14.6 Å². The second-order valence-corrected chi connectivity index (χ2v) is 12.0. The van der Waals surface area contributed by atoms with Gasteiger partial charge in [0.25, 0.3) is 0 Å². The fraction of sp³-hybridized carbons (Fsp3) is 0.943. The monoisotopic (exact) mass is 569 g/mol. The van der Waals surface area contributed by atoms with E-state index in [-0.39, 0.29) is 25.2 Å². The zero-order chi connectivity index (χ0) is 29.4. The summed E-state index contributed by atoms with van der Waals surface area (Å²) in [7, 11) is 0. The first-order chi connectivity index (χ1) is 19.6. The number of rotatable bonds is 32. The second-order valence-electron chi connectivity index (χ2n) is 12.0. The molecule has 0 aliphatic rings. The van der Waals surface area contributed by atoms with Crippen molar-refractivity contribution >= 4 is 11.9 Å². The fourth-order valence-corrected chi connectivity index (χ4v) is 5.20. The molecule has 0 saturated heterocycles. The van der Waals surface area contributed by atoms with Crippen LogP contribution in [0, 0.1) is 0 Å². The van der Waals surface area contributed by atoms with E-state index in [1.54, 1.807) is 0 Å². The third-order valence-corrected chi connectivity index (χ3v) is 7.90. The lowest BCUT2D eigenvalue weighted by Crippen LogP contribution is -2.28. The molecule has 0 amide bonds. The average Bonchev–Trinajstić information content (AvgIpc) is 2.96.